The third kappa shape index (κ3) is 2.44. The summed E-state index contributed by atoms with van der Waals surface area (Å²) in [5, 5.41) is 8.63. The fourth-order valence-electron chi connectivity index (χ4n) is 0.851. The van der Waals surface area contributed by atoms with E-state index in [9.17, 15) is 13.6 Å². The van der Waals surface area contributed by atoms with Crippen molar-refractivity contribution < 1.29 is 22.8 Å². The van der Waals surface area contributed by atoms with Gasteiger partial charge in [0.1, 0.15) is 17.1 Å². The van der Waals surface area contributed by atoms with Gasteiger partial charge in [-0.05, 0) is 18.2 Å². The Kier molecular flexibility index (Phi) is 3.05. The van der Waals surface area contributed by atoms with Gasteiger partial charge in [-0.15, -0.1) is 0 Å². The fourth-order valence-corrected chi connectivity index (χ4v) is 1.11. The van der Waals surface area contributed by atoms with Crippen molar-refractivity contribution in [3.05, 3.63) is 23.8 Å². The summed E-state index contributed by atoms with van der Waals surface area (Å²) in [6.07, 6.45) is 0. The molecule has 0 radical (unpaired) electrons. The molecule has 0 aliphatic carbocycles. The molecule has 0 spiro atoms. The molecule has 0 aliphatic rings. The van der Waals surface area contributed by atoms with Crippen molar-refractivity contribution in [2.45, 2.75) is 0 Å². The van der Waals surface area contributed by atoms with Gasteiger partial charge in [-0.3, -0.25) is 0 Å². The van der Waals surface area contributed by atoms with E-state index >= 15 is 0 Å². The molecule has 7 heteroatoms. The maximum atomic E-state index is 10.6. The molecule has 0 saturated heterocycles. The van der Waals surface area contributed by atoms with Crippen molar-refractivity contribution in [3.63, 3.8) is 0 Å². The highest BCUT2D eigenvalue weighted by Crippen LogP contribution is 2.19. The lowest BCUT2D eigenvalue weighted by Crippen LogP contribution is -2.04. The summed E-state index contributed by atoms with van der Waals surface area (Å²) in [7, 11) is 0. The fraction of sp³-hybridized carbons (Fsp3) is 0. The Labute approximate surface area is 81.8 Å². The summed E-state index contributed by atoms with van der Waals surface area (Å²) in [5.41, 5.74) is 5.17. The first-order valence-electron chi connectivity index (χ1n) is 3.41. The van der Waals surface area contributed by atoms with E-state index in [0.717, 1.165) is 6.07 Å². The predicted octanol–water partition coefficient (Wildman–Crippen LogP) is 0.140. The minimum absolute atomic E-state index is 0.0431. The van der Waals surface area contributed by atoms with Gasteiger partial charge in [0.2, 0.25) is 0 Å². The van der Waals surface area contributed by atoms with Crippen molar-refractivity contribution in [1.82, 2.24) is 0 Å². The highest BCUT2D eigenvalue weighted by atomic mass is 32.2. The van der Waals surface area contributed by atoms with Crippen LogP contribution in [0.25, 0.3) is 0 Å². The zero-order valence-corrected chi connectivity index (χ0v) is 7.61. The van der Waals surface area contributed by atoms with Crippen LogP contribution in [-0.4, -0.2) is 19.8 Å². The molecule has 1 aromatic carbocycles. The monoisotopic (exact) mass is 216 g/mol. The molecule has 14 heavy (non-hydrogen) atoms. The Hall–Kier alpha value is -1.60. The van der Waals surface area contributed by atoms with Crippen molar-refractivity contribution in [2.75, 3.05) is 5.73 Å². The van der Waals surface area contributed by atoms with E-state index in [2.05, 4.69) is 4.18 Å². The number of nitrogen functional groups attached to an aromatic ring is 1. The van der Waals surface area contributed by atoms with Gasteiger partial charge in [-0.1, -0.05) is 0 Å². The lowest BCUT2D eigenvalue weighted by atomic mass is 10.2. The van der Waals surface area contributed by atoms with Gasteiger partial charge >= 0.3 is 5.97 Å². The third-order valence-electron chi connectivity index (χ3n) is 1.42. The van der Waals surface area contributed by atoms with E-state index in [1.165, 1.54) is 12.1 Å². The topological polar surface area (TPSA) is 113 Å². The molecule has 1 aromatic rings. The van der Waals surface area contributed by atoms with E-state index in [0.29, 0.717) is 0 Å². The van der Waals surface area contributed by atoms with Crippen LogP contribution in [0.15, 0.2) is 18.2 Å². The Bertz CT molecular complexity index is 392. The molecule has 1 unspecified atom stereocenters. The minimum atomic E-state index is -2.73. The first kappa shape index (κ1) is 10.5. The smallest absolute Gasteiger partial charge is 0.337 e. The standard InChI is InChI=1S/C7H7NO5S/c8-6-2-1-4(13-14(11)12)3-5(6)7(9)10/h1-3H,8H2,(H,9,10)(H,11,12)/p-1. The molecule has 0 aliphatic heterocycles. The third-order valence-corrected chi connectivity index (χ3v) is 1.75. The van der Waals surface area contributed by atoms with E-state index in [1.807, 2.05) is 0 Å². The minimum Gasteiger partial charge on any atom is -0.740 e. The van der Waals surface area contributed by atoms with Crippen LogP contribution < -0.4 is 9.92 Å². The maximum Gasteiger partial charge on any atom is 0.337 e. The van der Waals surface area contributed by atoms with Gasteiger partial charge in [0.05, 0.1) is 5.56 Å². The van der Waals surface area contributed by atoms with Gasteiger partial charge in [0, 0.05) is 5.69 Å². The number of hydrogen-bond acceptors (Lipinski definition) is 5. The second-order valence-electron chi connectivity index (χ2n) is 2.34. The van der Waals surface area contributed by atoms with Gasteiger partial charge in [0.15, 0.2) is 0 Å². The molecule has 1 atom stereocenters. The number of anilines is 1. The van der Waals surface area contributed by atoms with E-state index in [4.69, 9.17) is 10.8 Å². The van der Waals surface area contributed by atoms with Gasteiger partial charge in [-0.25, -0.2) is 9.00 Å². The Balaban J connectivity index is 3.06. The van der Waals surface area contributed by atoms with Gasteiger partial charge < -0.3 is 19.6 Å². The molecule has 0 amide bonds. The zero-order chi connectivity index (χ0) is 10.7. The van der Waals surface area contributed by atoms with Crippen LogP contribution in [0.2, 0.25) is 0 Å². The number of rotatable bonds is 3. The van der Waals surface area contributed by atoms with Crippen LogP contribution in [0.3, 0.4) is 0 Å². The largest absolute Gasteiger partial charge is 0.740 e. The van der Waals surface area contributed by atoms with Gasteiger partial charge in [-0.2, -0.15) is 0 Å². The van der Waals surface area contributed by atoms with E-state index in [-0.39, 0.29) is 17.0 Å². The van der Waals surface area contributed by atoms with E-state index in [1.54, 1.807) is 0 Å². The summed E-state index contributed by atoms with van der Waals surface area (Å²) < 4.78 is 24.5. The van der Waals surface area contributed by atoms with Crippen molar-refractivity contribution >= 4 is 23.0 Å². The SMILES string of the molecule is Nc1ccc(OS(=O)[O-])cc1C(=O)O. The number of benzene rings is 1. The first-order chi connectivity index (χ1) is 6.50. The normalized spacial score (nSPS) is 12.1. The highest BCUT2D eigenvalue weighted by Gasteiger charge is 2.09. The number of hydrogen-bond donors (Lipinski definition) is 2. The predicted molar refractivity (Wildman–Crippen MR) is 47.4 cm³/mol. The lowest BCUT2D eigenvalue weighted by molar-refractivity contribution is 0.0697. The number of carbonyl (C=O) groups is 1. The second-order valence-corrected chi connectivity index (χ2v) is 2.92. The summed E-state index contributed by atoms with van der Waals surface area (Å²) in [4.78, 5) is 10.6. The summed E-state index contributed by atoms with van der Waals surface area (Å²) in [5.74, 6) is -1.34. The van der Waals surface area contributed by atoms with E-state index < -0.39 is 17.3 Å². The summed E-state index contributed by atoms with van der Waals surface area (Å²) in [6.45, 7) is 0. The number of carboxylic acids is 1. The van der Waals surface area contributed by atoms with Crippen molar-refractivity contribution in [1.29, 1.82) is 0 Å². The lowest BCUT2D eigenvalue weighted by Gasteiger charge is -2.08. The number of nitrogens with two attached hydrogens (primary N) is 1. The van der Waals surface area contributed by atoms with Crippen LogP contribution in [-0.2, 0) is 11.4 Å². The first-order valence-corrected chi connectivity index (χ1v) is 4.41. The molecule has 0 heterocycles. The number of carboxylic acid groups (broad SMARTS) is 1. The summed E-state index contributed by atoms with van der Waals surface area (Å²) >= 11 is -2.73. The molecule has 76 valence electrons. The zero-order valence-electron chi connectivity index (χ0n) is 6.80. The molecule has 1 rings (SSSR count). The molecular weight excluding hydrogens is 210 g/mol. The number of aromatic carboxylic acids is 1. The van der Waals surface area contributed by atoms with Crippen LogP contribution in [0.4, 0.5) is 5.69 Å². The molecule has 3 N–H and O–H groups in total. The Morgan fingerprint density at radius 1 is 1.57 bits per heavy atom. The van der Waals surface area contributed by atoms with Crippen LogP contribution in [0.5, 0.6) is 5.75 Å². The summed E-state index contributed by atoms with van der Waals surface area (Å²) in [6, 6.07) is 3.55. The van der Waals surface area contributed by atoms with Crippen LogP contribution in [0.1, 0.15) is 10.4 Å². The maximum absolute atomic E-state index is 10.6. The quantitative estimate of drug-likeness (QED) is 0.548. The highest BCUT2D eigenvalue weighted by molar-refractivity contribution is 7.74. The van der Waals surface area contributed by atoms with Crippen LogP contribution in [0, 0.1) is 0 Å². The van der Waals surface area contributed by atoms with Crippen LogP contribution >= 0.6 is 0 Å². The average molecular weight is 216 g/mol. The molecule has 0 saturated carbocycles. The van der Waals surface area contributed by atoms with Gasteiger partial charge in [0.25, 0.3) is 0 Å². The molecule has 0 fully saturated rings. The molecular formula is C7H6NO5S-. The second kappa shape index (κ2) is 4.07. The molecule has 0 aromatic heterocycles. The van der Waals surface area contributed by atoms with Crippen molar-refractivity contribution in [3.8, 4) is 5.75 Å². The molecule has 6 nitrogen and oxygen atoms in total. The Morgan fingerprint density at radius 2 is 2.21 bits per heavy atom. The Morgan fingerprint density at radius 3 is 2.71 bits per heavy atom. The van der Waals surface area contributed by atoms with Crippen molar-refractivity contribution in [2.24, 2.45) is 0 Å². The average Bonchev–Trinajstić information content (AvgIpc) is 2.07. The molecule has 0 bridgehead atoms.